The molecule has 7 heteroatoms. The molecule has 0 N–H and O–H groups in total. The third-order valence-corrected chi connectivity index (χ3v) is 2.37. The van der Waals surface area contributed by atoms with E-state index in [-0.39, 0.29) is 17.7 Å². The molecule has 0 aliphatic heterocycles. The minimum atomic E-state index is -4.76. The molecule has 0 aliphatic rings. The van der Waals surface area contributed by atoms with Gasteiger partial charge in [-0.2, -0.15) is 5.26 Å². The Labute approximate surface area is 97.0 Å². The van der Waals surface area contributed by atoms with Crippen LogP contribution in [0.15, 0.2) is 12.3 Å². The number of alkyl halides is 3. The van der Waals surface area contributed by atoms with Crippen LogP contribution >= 0.6 is 22.6 Å². The number of nitriles is 1. The van der Waals surface area contributed by atoms with Crippen LogP contribution in [0.1, 0.15) is 5.56 Å². The van der Waals surface area contributed by atoms with Crippen molar-refractivity contribution < 1.29 is 17.9 Å². The number of hydrogen-bond acceptors (Lipinski definition) is 3. The third kappa shape index (κ3) is 3.54. The van der Waals surface area contributed by atoms with Crippen molar-refractivity contribution in [3.8, 4) is 11.8 Å². The fraction of sp³-hybridized carbons (Fsp3) is 0.250. The van der Waals surface area contributed by atoms with Gasteiger partial charge in [0.2, 0.25) is 0 Å². The highest BCUT2D eigenvalue weighted by Gasteiger charge is 2.32. The molecule has 0 fully saturated rings. The fourth-order valence-corrected chi connectivity index (χ4v) is 1.53. The van der Waals surface area contributed by atoms with Crippen molar-refractivity contribution in [2.24, 2.45) is 0 Å². The van der Waals surface area contributed by atoms with Crippen LogP contribution in [0.4, 0.5) is 13.2 Å². The van der Waals surface area contributed by atoms with Crippen LogP contribution in [-0.2, 0) is 6.42 Å². The van der Waals surface area contributed by atoms with E-state index in [1.54, 1.807) is 28.7 Å². The molecule has 1 heterocycles. The quantitative estimate of drug-likeness (QED) is 0.619. The monoisotopic (exact) mass is 328 g/mol. The van der Waals surface area contributed by atoms with E-state index in [0.717, 1.165) is 6.07 Å². The second-order valence-corrected chi connectivity index (χ2v) is 3.48. The normalized spacial score (nSPS) is 10.9. The predicted molar refractivity (Wildman–Crippen MR) is 53.0 cm³/mol. The maximum absolute atomic E-state index is 12.0. The lowest BCUT2D eigenvalue weighted by Crippen LogP contribution is -2.18. The van der Waals surface area contributed by atoms with Crippen LogP contribution in [0.25, 0.3) is 0 Å². The topological polar surface area (TPSA) is 45.9 Å². The maximum atomic E-state index is 12.0. The average Bonchev–Trinajstić information content (AvgIpc) is 2.08. The van der Waals surface area contributed by atoms with Crippen LogP contribution in [0.2, 0.25) is 0 Å². The van der Waals surface area contributed by atoms with Crippen molar-refractivity contribution in [2.75, 3.05) is 0 Å². The number of halogens is 4. The molecule has 1 aromatic heterocycles. The summed E-state index contributed by atoms with van der Waals surface area (Å²) in [6.45, 7) is 0. The summed E-state index contributed by atoms with van der Waals surface area (Å²) in [7, 11) is 0. The second kappa shape index (κ2) is 4.65. The molecule has 0 atom stereocenters. The van der Waals surface area contributed by atoms with Crippen molar-refractivity contribution in [3.63, 3.8) is 0 Å². The Morgan fingerprint density at radius 2 is 2.20 bits per heavy atom. The Kier molecular flexibility index (Phi) is 3.73. The molecule has 1 aromatic rings. The highest BCUT2D eigenvalue weighted by atomic mass is 127. The van der Waals surface area contributed by atoms with E-state index in [0.29, 0.717) is 3.70 Å². The Morgan fingerprint density at radius 3 is 2.73 bits per heavy atom. The number of ether oxygens (including phenoxy) is 1. The molecule has 0 spiro atoms. The van der Waals surface area contributed by atoms with Gasteiger partial charge in [0.15, 0.2) is 0 Å². The molecular formula is C8H4F3IN2O. The first-order chi connectivity index (χ1) is 6.94. The van der Waals surface area contributed by atoms with Crippen molar-refractivity contribution >= 4 is 22.6 Å². The Hall–Kier alpha value is -1.04. The lowest BCUT2D eigenvalue weighted by Gasteiger charge is -2.12. The lowest BCUT2D eigenvalue weighted by atomic mass is 10.2. The third-order valence-electron chi connectivity index (χ3n) is 1.44. The van der Waals surface area contributed by atoms with E-state index >= 15 is 0 Å². The van der Waals surface area contributed by atoms with Crippen LogP contribution in [0.3, 0.4) is 0 Å². The molecule has 0 bridgehead atoms. The standard InChI is InChI=1S/C8H4F3IN2O/c9-8(10,11)15-6-2-4-14-7(12)5(6)1-3-13/h2,4H,1H2. The predicted octanol–water partition coefficient (Wildman–Crippen LogP) is 2.65. The van der Waals surface area contributed by atoms with Gasteiger partial charge in [0.05, 0.1) is 12.5 Å². The highest BCUT2D eigenvalue weighted by Crippen LogP contribution is 2.28. The number of hydrogen-bond donors (Lipinski definition) is 0. The summed E-state index contributed by atoms with van der Waals surface area (Å²) in [5, 5.41) is 8.45. The first-order valence-corrected chi connectivity index (χ1v) is 4.78. The minimum absolute atomic E-state index is 0.151. The average molecular weight is 328 g/mol. The Balaban J connectivity index is 3.07. The van der Waals surface area contributed by atoms with Gasteiger partial charge in [-0.1, -0.05) is 0 Å². The molecule has 0 radical (unpaired) electrons. The van der Waals surface area contributed by atoms with Gasteiger partial charge in [-0.15, -0.1) is 13.2 Å². The van der Waals surface area contributed by atoms with Crippen molar-refractivity contribution in [1.82, 2.24) is 4.98 Å². The van der Waals surface area contributed by atoms with E-state index in [2.05, 4.69) is 9.72 Å². The summed E-state index contributed by atoms with van der Waals surface area (Å²) >= 11 is 1.75. The Morgan fingerprint density at radius 1 is 1.53 bits per heavy atom. The summed E-state index contributed by atoms with van der Waals surface area (Å²) in [5.41, 5.74) is 0.151. The van der Waals surface area contributed by atoms with Crippen LogP contribution < -0.4 is 4.74 Å². The van der Waals surface area contributed by atoms with Gasteiger partial charge in [0.25, 0.3) is 0 Å². The first kappa shape index (κ1) is 12.0. The summed E-state index contributed by atoms with van der Waals surface area (Å²) < 4.78 is 40.0. The van der Waals surface area contributed by atoms with E-state index in [9.17, 15) is 13.2 Å². The second-order valence-electron chi connectivity index (χ2n) is 2.46. The molecule has 0 aliphatic carbocycles. The Bertz CT molecular complexity index is 400. The molecule has 0 amide bonds. The zero-order valence-electron chi connectivity index (χ0n) is 7.18. The summed E-state index contributed by atoms with van der Waals surface area (Å²) in [6, 6.07) is 2.84. The highest BCUT2D eigenvalue weighted by molar-refractivity contribution is 14.1. The summed E-state index contributed by atoms with van der Waals surface area (Å²) in [4.78, 5) is 3.78. The van der Waals surface area contributed by atoms with E-state index < -0.39 is 6.36 Å². The zero-order chi connectivity index (χ0) is 11.5. The number of rotatable bonds is 2. The van der Waals surface area contributed by atoms with Crippen molar-refractivity contribution in [1.29, 1.82) is 5.26 Å². The van der Waals surface area contributed by atoms with E-state index in [4.69, 9.17) is 5.26 Å². The molecule has 0 aromatic carbocycles. The molecule has 0 saturated heterocycles. The van der Waals surface area contributed by atoms with Gasteiger partial charge in [0, 0.05) is 11.8 Å². The molecule has 15 heavy (non-hydrogen) atoms. The SMILES string of the molecule is N#CCc1c(OC(F)(F)F)ccnc1I. The largest absolute Gasteiger partial charge is 0.573 e. The lowest BCUT2D eigenvalue weighted by molar-refractivity contribution is -0.274. The van der Waals surface area contributed by atoms with E-state index in [1.807, 2.05) is 0 Å². The van der Waals surface area contributed by atoms with Crippen LogP contribution in [0.5, 0.6) is 5.75 Å². The van der Waals surface area contributed by atoms with Crippen molar-refractivity contribution in [2.45, 2.75) is 12.8 Å². The molecule has 80 valence electrons. The van der Waals surface area contributed by atoms with Crippen LogP contribution in [-0.4, -0.2) is 11.3 Å². The van der Waals surface area contributed by atoms with Crippen molar-refractivity contribution in [3.05, 3.63) is 21.5 Å². The maximum Gasteiger partial charge on any atom is 0.573 e. The van der Waals surface area contributed by atoms with Gasteiger partial charge in [-0.05, 0) is 28.7 Å². The molecule has 3 nitrogen and oxygen atoms in total. The zero-order valence-corrected chi connectivity index (χ0v) is 9.33. The van der Waals surface area contributed by atoms with E-state index in [1.165, 1.54) is 6.20 Å². The summed E-state index contributed by atoms with van der Waals surface area (Å²) in [5.74, 6) is -0.372. The number of nitrogens with zero attached hydrogens (tertiary/aromatic N) is 2. The van der Waals surface area contributed by atoms with Gasteiger partial charge >= 0.3 is 6.36 Å². The number of pyridine rings is 1. The molecule has 0 unspecified atom stereocenters. The first-order valence-electron chi connectivity index (χ1n) is 3.70. The number of aromatic nitrogens is 1. The smallest absolute Gasteiger partial charge is 0.405 e. The van der Waals surface area contributed by atoms with Gasteiger partial charge in [-0.3, -0.25) is 0 Å². The molecular weight excluding hydrogens is 324 g/mol. The molecule has 1 rings (SSSR count). The molecule has 0 saturated carbocycles. The summed E-state index contributed by atoms with van der Waals surface area (Å²) in [6.07, 6.45) is -3.73. The minimum Gasteiger partial charge on any atom is -0.405 e. The van der Waals surface area contributed by atoms with Crippen LogP contribution in [0, 0.1) is 15.0 Å². The van der Waals surface area contributed by atoms with Gasteiger partial charge in [0.1, 0.15) is 9.45 Å². The van der Waals surface area contributed by atoms with Gasteiger partial charge < -0.3 is 4.74 Å². The van der Waals surface area contributed by atoms with Gasteiger partial charge in [-0.25, -0.2) is 4.98 Å². The fourth-order valence-electron chi connectivity index (χ4n) is 0.910.